The van der Waals surface area contributed by atoms with Crippen molar-refractivity contribution in [3.8, 4) is 0 Å². The number of hydrogen-bond acceptors (Lipinski definition) is 3. The van der Waals surface area contributed by atoms with Crippen molar-refractivity contribution in [1.82, 2.24) is 0 Å². The highest BCUT2D eigenvalue weighted by molar-refractivity contribution is 7.92. The van der Waals surface area contributed by atoms with Crippen molar-refractivity contribution < 1.29 is 22.3 Å². The summed E-state index contributed by atoms with van der Waals surface area (Å²) in [5.41, 5.74) is -0.287. The molecule has 1 aromatic carbocycles. The van der Waals surface area contributed by atoms with Crippen LogP contribution >= 0.6 is 0 Å². The minimum atomic E-state index is -3.44. The molecule has 1 aliphatic rings. The maximum absolute atomic E-state index is 13.5. The average Bonchev–Trinajstić information content (AvgIpc) is 2.31. The summed E-state index contributed by atoms with van der Waals surface area (Å²) >= 11 is 0. The molecule has 1 aromatic rings. The van der Waals surface area contributed by atoms with E-state index in [1.807, 2.05) is 0 Å². The Labute approximate surface area is 104 Å². The van der Waals surface area contributed by atoms with Crippen LogP contribution in [0.1, 0.15) is 30.9 Å². The predicted molar refractivity (Wildman–Crippen MR) is 62.7 cm³/mol. The number of benzene rings is 1. The fourth-order valence-electron chi connectivity index (χ4n) is 2.28. The van der Waals surface area contributed by atoms with Crippen LogP contribution < -0.4 is 0 Å². The molecule has 100 valence electrons. The summed E-state index contributed by atoms with van der Waals surface area (Å²) in [4.78, 5) is 0. The maximum Gasteiger partial charge on any atom is 0.164 e. The molecule has 1 aliphatic heterocycles. The van der Waals surface area contributed by atoms with Crippen molar-refractivity contribution in [3.05, 3.63) is 35.4 Å². The van der Waals surface area contributed by atoms with Crippen molar-refractivity contribution in [2.45, 2.75) is 30.6 Å². The third kappa shape index (κ3) is 2.40. The molecular weight excluding hydrogens is 262 g/mol. The topological polar surface area (TPSA) is 54.4 Å². The second-order valence-corrected chi connectivity index (χ2v) is 6.83. The van der Waals surface area contributed by atoms with Gasteiger partial charge in [-0.1, -0.05) is 18.6 Å². The van der Waals surface area contributed by atoms with Gasteiger partial charge >= 0.3 is 0 Å². The van der Waals surface area contributed by atoms with Crippen molar-refractivity contribution in [2.24, 2.45) is 0 Å². The van der Waals surface area contributed by atoms with Crippen molar-refractivity contribution in [1.29, 1.82) is 0 Å². The maximum atomic E-state index is 13.5. The Balaban J connectivity index is 2.36. The highest BCUT2D eigenvalue weighted by Gasteiger charge is 2.36. The number of rotatable bonds is 2. The third-order valence-corrected chi connectivity index (χ3v) is 5.55. The first-order chi connectivity index (χ1) is 8.43. The lowest BCUT2D eigenvalue weighted by Gasteiger charge is -2.27. The molecule has 2 unspecified atom stereocenters. The number of aliphatic hydroxyl groups is 1. The Bertz CT molecular complexity index is 542. The van der Waals surface area contributed by atoms with Crippen molar-refractivity contribution in [3.63, 3.8) is 0 Å². The zero-order chi connectivity index (χ0) is 13.3. The highest BCUT2D eigenvalue weighted by atomic mass is 32.2. The van der Waals surface area contributed by atoms with Gasteiger partial charge in [-0.3, -0.25) is 0 Å². The van der Waals surface area contributed by atoms with Gasteiger partial charge in [0.1, 0.15) is 0 Å². The molecule has 0 bridgehead atoms. The van der Waals surface area contributed by atoms with Gasteiger partial charge in [0.25, 0.3) is 0 Å². The lowest BCUT2D eigenvalue weighted by Crippen LogP contribution is -2.34. The molecule has 0 aliphatic carbocycles. The van der Waals surface area contributed by atoms with Gasteiger partial charge in [-0.2, -0.15) is 0 Å². The second-order valence-electron chi connectivity index (χ2n) is 4.49. The van der Waals surface area contributed by atoms with E-state index in [4.69, 9.17) is 0 Å². The van der Waals surface area contributed by atoms with Gasteiger partial charge in [0.05, 0.1) is 17.1 Å². The van der Waals surface area contributed by atoms with E-state index in [0.29, 0.717) is 12.8 Å². The Morgan fingerprint density at radius 3 is 2.67 bits per heavy atom. The average molecular weight is 276 g/mol. The fraction of sp³-hybridized carbons (Fsp3) is 0.500. The summed E-state index contributed by atoms with van der Waals surface area (Å²) in [5.74, 6) is -2.27. The summed E-state index contributed by atoms with van der Waals surface area (Å²) in [7, 11) is -3.44. The molecule has 1 saturated heterocycles. The van der Waals surface area contributed by atoms with Crippen LogP contribution in [-0.2, 0) is 9.84 Å². The summed E-state index contributed by atoms with van der Waals surface area (Å²) in [5, 5.41) is 8.96. The van der Waals surface area contributed by atoms with Crippen LogP contribution in [0.25, 0.3) is 0 Å². The van der Waals surface area contributed by atoms with E-state index in [-0.39, 0.29) is 17.7 Å². The first-order valence-electron chi connectivity index (χ1n) is 5.77. The summed E-state index contributed by atoms with van der Waals surface area (Å²) in [6, 6.07) is 3.40. The standard InChI is InChI=1S/C12H14F2O3S/c13-9-5-3-4-8(11(9)14)12(15)10-6-1-2-7-18(10,16)17/h3-5,10,12,15H,1-2,6-7H2. The van der Waals surface area contributed by atoms with Gasteiger partial charge in [-0.15, -0.1) is 0 Å². The normalized spacial score (nSPS) is 24.7. The molecule has 6 heteroatoms. The van der Waals surface area contributed by atoms with Crippen LogP contribution in [0.4, 0.5) is 8.78 Å². The molecule has 2 atom stereocenters. The summed E-state index contributed by atoms with van der Waals surface area (Å²) in [6.07, 6.45) is -0.0138. The van der Waals surface area contributed by atoms with Crippen LogP contribution in [0.2, 0.25) is 0 Å². The zero-order valence-electron chi connectivity index (χ0n) is 9.64. The monoisotopic (exact) mass is 276 g/mol. The Hall–Kier alpha value is -1.01. The molecular formula is C12H14F2O3S. The number of sulfone groups is 1. The number of hydrogen-bond donors (Lipinski definition) is 1. The van der Waals surface area contributed by atoms with E-state index >= 15 is 0 Å². The Kier molecular flexibility index (Phi) is 3.68. The first kappa shape index (κ1) is 13.4. The lowest BCUT2D eigenvalue weighted by molar-refractivity contribution is 0.159. The molecule has 0 aromatic heterocycles. The summed E-state index contributed by atoms with van der Waals surface area (Å²) < 4.78 is 50.2. The van der Waals surface area contributed by atoms with Crippen LogP contribution in [0, 0.1) is 11.6 Å². The van der Waals surface area contributed by atoms with Gasteiger partial charge in [0.15, 0.2) is 21.5 Å². The molecule has 1 N–H and O–H groups in total. The molecule has 0 spiro atoms. The van der Waals surface area contributed by atoms with Crippen molar-refractivity contribution >= 4 is 9.84 Å². The predicted octanol–water partition coefficient (Wildman–Crippen LogP) is 1.97. The molecule has 1 heterocycles. The van der Waals surface area contributed by atoms with E-state index in [1.165, 1.54) is 12.1 Å². The molecule has 3 nitrogen and oxygen atoms in total. The van der Waals surface area contributed by atoms with E-state index in [0.717, 1.165) is 6.07 Å². The lowest BCUT2D eigenvalue weighted by atomic mass is 10.0. The van der Waals surface area contributed by atoms with Gasteiger partial charge in [0, 0.05) is 5.56 Å². The quantitative estimate of drug-likeness (QED) is 0.898. The number of aliphatic hydroxyl groups excluding tert-OH is 1. The summed E-state index contributed by atoms with van der Waals surface area (Å²) in [6.45, 7) is 0. The molecule has 0 radical (unpaired) electrons. The second kappa shape index (κ2) is 4.93. The van der Waals surface area contributed by atoms with Crippen LogP contribution in [0.15, 0.2) is 18.2 Å². The Morgan fingerprint density at radius 1 is 1.28 bits per heavy atom. The minimum absolute atomic E-state index is 0.00827. The number of halogens is 2. The van der Waals surface area contributed by atoms with E-state index < -0.39 is 32.8 Å². The third-order valence-electron chi connectivity index (χ3n) is 3.28. The van der Waals surface area contributed by atoms with E-state index in [9.17, 15) is 22.3 Å². The van der Waals surface area contributed by atoms with Crippen molar-refractivity contribution in [2.75, 3.05) is 5.75 Å². The van der Waals surface area contributed by atoms with Crippen LogP contribution in [0.3, 0.4) is 0 Å². The van der Waals surface area contributed by atoms with E-state index in [2.05, 4.69) is 0 Å². The van der Waals surface area contributed by atoms with Gasteiger partial charge in [0.2, 0.25) is 0 Å². The zero-order valence-corrected chi connectivity index (χ0v) is 10.5. The minimum Gasteiger partial charge on any atom is -0.387 e. The van der Waals surface area contributed by atoms with Gasteiger partial charge < -0.3 is 5.11 Å². The Morgan fingerprint density at radius 2 is 2.00 bits per heavy atom. The highest BCUT2D eigenvalue weighted by Crippen LogP contribution is 2.32. The molecule has 0 saturated carbocycles. The molecule has 2 rings (SSSR count). The first-order valence-corrected chi connectivity index (χ1v) is 7.48. The van der Waals surface area contributed by atoms with Gasteiger partial charge in [-0.25, -0.2) is 17.2 Å². The van der Waals surface area contributed by atoms with Crippen LogP contribution in [-0.4, -0.2) is 24.5 Å². The van der Waals surface area contributed by atoms with Crippen LogP contribution in [0.5, 0.6) is 0 Å². The van der Waals surface area contributed by atoms with E-state index in [1.54, 1.807) is 0 Å². The molecule has 18 heavy (non-hydrogen) atoms. The molecule has 1 fully saturated rings. The fourth-order valence-corrected chi connectivity index (χ4v) is 4.26. The molecule has 0 amide bonds. The van der Waals surface area contributed by atoms with Gasteiger partial charge in [-0.05, 0) is 18.9 Å². The largest absolute Gasteiger partial charge is 0.387 e. The SMILES string of the molecule is O=S1(=O)CCCCC1C(O)c1cccc(F)c1F. The smallest absolute Gasteiger partial charge is 0.164 e.